The van der Waals surface area contributed by atoms with E-state index in [0.717, 1.165) is 16.8 Å². The third kappa shape index (κ3) is 3.88. The number of aliphatic hydroxyl groups excluding tert-OH is 1. The van der Waals surface area contributed by atoms with Gasteiger partial charge in [-0.25, -0.2) is 0 Å². The van der Waals surface area contributed by atoms with Gasteiger partial charge in [-0.15, -0.1) is 5.10 Å². The van der Waals surface area contributed by atoms with Crippen molar-refractivity contribution in [1.82, 2.24) is 10.3 Å². The number of hydrazone groups is 1. The van der Waals surface area contributed by atoms with Crippen molar-refractivity contribution in [3.63, 3.8) is 0 Å². The van der Waals surface area contributed by atoms with Gasteiger partial charge in [0.05, 0.1) is 13.1 Å². The summed E-state index contributed by atoms with van der Waals surface area (Å²) in [6.45, 7) is 4.16. The quantitative estimate of drug-likeness (QED) is 0.651. The fourth-order valence-corrected chi connectivity index (χ4v) is 2.97. The molecule has 0 spiro atoms. The van der Waals surface area contributed by atoms with Gasteiger partial charge in [0, 0.05) is 17.3 Å². The lowest BCUT2D eigenvalue weighted by molar-refractivity contribution is -0.136. The van der Waals surface area contributed by atoms with Crippen LogP contribution in [-0.2, 0) is 11.2 Å². The van der Waals surface area contributed by atoms with Crippen molar-refractivity contribution in [2.45, 2.75) is 25.9 Å². The molecule has 1 aromatic carbocycles. The summed E-state index contributed by atoms with van der Waals surface area (Å²) in [5.41, 5.74) is 2.20. The van der Waals surface area contributed by atoms with Crippen LogP contribution in [0.15, 0.2) is 34.6 Å². The van der Waals surface area contributed by atoms with Crippen LogP contribution in [0.4, 0.5) is 5.69 Å². The lowest BCUT2D eigenvalue weighted by Gasteiger charge is -2.31. The third-order valence-corrected chi connectivity index (χ3v) is 4.37. The van der Waals surface area contributed by atoms with Crippen LogP contribution in [0.1, 0.15) is 19.4 Å². The van der Waals surface area contributed by atoms with Crippen LogP contribution in [0, 0.1) is 0 Å². The Hall–Kier alpha value is -2.25. The number of nitrogens with one attached hydrogen (secondary N) is 2. The molecule has 1 amide bonds. The molecule has 0 aromatic heterocycles. The lowest BCUT2D eigenvalue weighted by atomic mass is 9.96. The van der Waals surface area contributed by atoms with E-state index in [1.54, 1.807) is 5.01 Å². The van der Waals surface area contributed by atoms with Crippen molar-refractivity contribution in [1.29, 1.82) is 0 Å². The van der Waals surface area contributed by atoms with E-state index in [1.165, 1.54) is 13.8 Å². The molecule has 0 unspecified atom stereocenters. The summed E-state index contributed by atoms with van der Waals surface area (Å²) in [5.74, 6) is -0.525. The molecule has 8 heteroatoms. The topological polar surface area (TPSA) is 97.2 Å². The smallest absolute Gasteiger partial charge is 0.252 e. The Labute approximate surface area is 151 Å². The second kappa shape index (κ2) is 6.57. The maximum atomic E-state index is 11.7. The van der Waals surface area contributed by atoms with Crippen LogP contribution < -0.4 is 10.6 Å². The molecular weight excluding hydrogens is 344 g/mol. The molecule has 0 bridgehead atoms. The number of amides is 1. The van der Waals surface area contributed by atoms with Crippen molar-refractivity contribution in [3.8, 4) is 0 Å². The van der Waals surface area contributed by atoms with Gasteiger partial charge < -0.3 is 20.8 Å². The molecule has 7 nitrogen and oxygen atoms in total. The molecule has 3 rings (SSSR count). The van der Waals surface area contributed by atoms with Crippen molar-refractivity contribution in [3.05, 3.63) is 40.1 Å². The summed E-state index contributed by atoms with van der Waals surface area (Å²) in [6, 6.07) is 5.63. The van der Waals surface area contributed by atoms with Crippen LogP contribution in [0.3, 0.4) is 0 Å². The molecule has 0 fully saturated rings. The molecule has 2 heterocycles. The highest BCUT2D eigenvalue weighted by Crippen LogP contribution is 2.32. The molecule has 134 valence electrons. The minimum absolute atomic E-state index is 0.0827. The molecule has 0 aliphatic carbocycles. The first kappa shape index (κ1) is 17.6. The van der Waals surface area contributed by atoms with Crippen molar-refractivity contribution in [2.24, 2.45) is 5.10 Å². The third-order valence-electron chi connectivity index (χ3n) is 4.13. The number of aliphatic hydroxyl groups is 2. The Morgan fingerprint density at radius 1 is 1.48 bits per heavy atom. The number of halogens is 1. The number of nitrogens with zero attached hydrogens (tertiary/aromatic N) is 2. The molecule has 4 N–H and O–H groups in total. The van der Waals surface area contributed by atoms with Crippen LogP contribution in [0.25, 0.3) is 0 Å². The summed E-state index contributed by atoms with van der Waals surface area (Å²) in [6.07, 6.45) is 0.695. The molecular formula is C17H21ClN4O3. The first-order valence-corrected chi connectivity index (χ1v) is 8.43. The minimum atomic E-state index is -1.42. The number of hydrogen-bond donors (Lipinski definition) is 4. The standard InChI is InChI=1S/C17H21ClN4O3/c1-17(2,25)16(24)19-5-6-22-9-11-7-10-3-4-12(18)8-13(10)20-14(11)15(23)21-22/h3-4,8,20,25H,5-7,9H2,1-2H3,(H,19,24)(H,21,23). The molecule has 0 radical (unpaired) electrons. The summed E-state index contributed by atoms with van der Waals surface area (Å²) in [4.78, 5) is 11.7. The molecule has 0 saturated carbocycles. The van der Waals surface area contributed by atoms with Gasteiger partial charge in [-0.2, -0.15) is 0 Å². The second-order valence-electron chi connectivity index (χ2n) is 6.71. The SMILES string of the molecule is CC(C)(O)C(=O)NCCN1CC2=C(Nc3cc(Cl)ccc3C2)C(O)=N1. The highest BCUT2D eigenvalue weighted by Gasteiger charge is 2.27. The number of rotatable bonds is 4. The summed E-state index contributed by atoms with van der Waals surface area (Å²) >= 11 is 6.02. The van der Waals surface area contributed by atoms with Crippen LogP contribution in [0.5, 0.6) is 0 Å². The molecule has 25 heavy (non-hydrogen) atoms. The van der Waals surface area contributed by atoms with Gasteiger partial charge in [0.2, 0.25) is 0 Å². The monoisotopic (exact) mass is 364 g/mol. The minimum Gasteiger partial charge on any atom is -0.491 e. The van der Waals surface area contributed by atoms with Crippen LogP contribution in [0.2, 0.25) is 5.02 Å². The predicted molar refractivity (Wildman–Crippen MR) is 96.7 cm³/mol. The molecule has 2 aliphatic rings. The van der Waals surface area contributed by atoms with E-state index in [0.29, 0.717) is 36.8 Å². The number of fused-ring (bicyclic) bond motifs is 1. The zero-order valence-corrected chi connectivity index (χ0v) is 14.9. The Bertz CT molecular complexity index is 768. The summed E-state index contributed by atoms with van der Waals surface area (Å²) in [7, 11) is 0. The fraction of sp³-hybridized carbons (Fsp3) is 0.412. The Morgan fingerprint density at radius 3 is 2.96 bits per heavy atom. The molecule has 0 atom stereocenters. The van der Waals surface area contributed by atoms with E-state index < -0.39 is 11.5 Å². The fourth-order valence-electron chi connectivity index (χ4n) is 2.79. The maximum Gasteiger partial charge on any atom is 0.252 e. The Balaban J connectivity index is 1.63. The Kier molecular flexibility index (Phi) is 4.62. The van der Waals surface area contributed by atoms with E-state index in [4.69, 9.17) is 11.6 Å². The van der Waals surface area contributed by atoms with Gasteiger partial charge in [0.15, 0.2) is 0 Å². The van der Waals surface area contributed by atoms with Gasteiger partial charge >= 0.3 is 0 Å². The first-order valence-electron chi connectivity index (χ1n) is 8.05. The highest BCUT2D eigenvalue weighted by molar-refractivity contribution is 6.30. The normalized spacial score (nSPS) is 16.6. The summed E-state index contributed by atoms with van der Waals surface area (Å²) in [5, 5.41) is 32.2. The van der Waals surface area contributed by atoms with E-state index in [-0.39, 0.29) is 5.90 Å². The Morgan fingerprint density at radius 2 is 2.24 bits per heavy atom. The number of anilines is 1. The average Bonchev–Trinajstić information content (AvgIpc) is 2.52. The maximum absolute atomic E-state index is 11.7. The van der Waals surface area contributed by atoms with E-state index >= 15 is 0 Å². The number of carbonyl (C=O) groups is 1. The van der Waals surface area contributed by atoms with Gasteiger partial charge in [-0.05, 0) is 43.5 Å². The number of hydrogen-bond acceptors (Lipinski definition) is 5. The number of benzene rings is 1. The second-order valence-corrected chi connectivity index (χ2v) is 7.14. The largest absolute Gasteiger partial charge is 0.491 e. The van der Waals surface area contributed by atoms with E-state index in [2.05, 4.69) is 15.7 Å². The predicted octanol–water partition coefficient (Wildman–Crippen LogP) is 1.64. The molecule has 0 saturated heterocycles. The van der Waals surface area contributed by atoms with Gasteiger partial charge in [0.1, 0.15) is 11.3 Å². The molecule has 2 aliphatic heterocycles. The van der Waals surface area contributed by atoms with Crippen molar-refractivity contribution in [2.75, 3.05) is 25.0 Å². The summed E-state index contributed by atoms with van der Waals surface area (Å²) < 4.78 is 0. The number of carbonyl (C=O) groups excluding carboxylic acids is 1. The van der Waals surface area contributed by atoms with Crippen molar-refractivity contribution >= 4 is 29.1 Å². The zero-order valence-electron chi connectivity index (χ0n) is 14.1. The van der Waals surface area contributed by atoms with Gasteiger partial charge in [0.25, 0.3) is 11.8 Å². The lowest BCUT2D eigenvalue weighted by Crippen LogP contribution is -2.45. The van der Waals surface area contributed by atoms with E-state index in [9.17, 15) is 15.0 Å². The van der Waals surface area contributed by atoms with E-state index in [1.807, 2.05) is 18.2 Å². The average molecular weight is 365 g/mol. The zero-order chi connectivity index (χ0) is 18.2. The first-order chi connectivity index (χ1) is 11.7. The highest BCUT2D eigenvalue weighted by atomic mass is 35.5. The van der Waals surface area contributed by atoms with Crippen LogP contribution in [-0.4, -0.2) is 52.3 Å². The van der Waals surface area contributed by atoms with Crippen LogP contribution >= 0.6 is 11.6 Å². The van der Waals surface area contributed by atoms with Crippen molar-refractivity contribution < 1.29 is 15.0 Å². The van der Waals surface area contributed by atoms with Gasteiger partial charge in [-0.1, -0.05) is 17.7 Å². The molecule has 1 aromatic rings. The van der Waals surface area contributed by atoms with Gasteiger partial charge in [-0.3, -0.25) is 9.80 Å².